The highest BCUT2D eigenvalue weighted by Crippen LogP contribution is 2.08. The molecule has 3 amide bonds. The Balaban J connectivity index is 2.30. The summed E-state index contributed by atoms with van der Waals surface area (Å²) in [5.41, 5.74) is 0. The fourth-order valence-electron chi connectivity index (χ4n) is 2.01. The highest BCUT2D eigenvalue weighted by molar-refractivity contribution is 5.86. The lowest BCUT2D eigenvalue weighted by Crippen LogP contribution is -2.49. The molecular formula is C12H21N3O5. The zero-order valence-corrected chi connectivity index (χ0v) is 11.3. The van der Waals surface area contributed by atoms with Crippen LogP contribution in [0.3, 0.4) is 0 Å². The number of aliphatic carboxylic acids is 1. The Bertz CT molecular complexity index is 355. The molecule has 20 heavy (non-hydrogen) atoms. The predicted octanol–water partition coefficient (Wildman–Crippen LogP) is -0.866. The zero-order chi connectivity index (χ0) is 15.0. The SMILES string of the molecule is O=C(NCC(=O)N1CCCCC1)N[C@@H](CCO)C(=O)O. The summed E-state index contributed by atoms with van der Waals surface area (Å²) >= 11 is 0. The Morgan fingerprint density at radius 3 is 2.35 bits per heavy atom. The van der Waals surface area contributed by atoms with Crippen LogP contribution in [0.4, 0.5) is 4.79 Å². The van der Waals surface area contributed by atoms with Gasteiger partial charge in [0.2, 0.25) is 5.91 Å². The Hall–Kier alpha value is -1.83. The number of carboxylic acids is 1. The van der Waals surface area contributed by atoms with Crippen LogP contribution >= 0.6 is 0 Å². The minimum atomic E-state index is -1.23. The van der Waals surface area contributed by atoms with E-state index in [2.05, 4.69) is 10.6 Å². The molecule has 8 nitrogen and oxygen atoms in total. The summed E-state index contributed by atoms with van der Waals surface area (Å²) in [6.45, 7) is 0.899. The van der Waals surface area contributed by atoms with E-state index in [9.17, 15) is 14.4 Å². The summed E-state index contributed by atoms with van der Waals surface area (Å²) in [6.07, 6.45) is 2.97. The van der Waals surface area contributed by atoms with E-state index < -0.39 is 18.0 Å². The maximum atomic E-state index is 11.8. The number of carboxylic acid groups (broad SMARTS) is 1. The molecule has 1 aliphatic heterocycles. The fraction of sp³-hybridized carbons (Fsp3) is 0.750. The predicted molar refractivity (Wildman–Crippen MR) is 70.1 cm³/mol. The molecular weight excluding hydrogens is 266 g/mol. The third-order valence-corrected chi connectivity index (χ3v) is 3.13. The summed E-state index contributed by atoms with van der Waals surface area (Å²) < 4.78 is 0. The third-order valence-electron chi connectivity index (χ3n) is 3.13. The van der Waals surface area contributed by atoms with Gasteiger partial charge in [0.15, 0.2) is 0 Å². The van der Waals surface area contributed by atoms with Gasteiger partial charge in [0.25, 0.3) is 0 Å². The summed E-state index contributed by atoms with van der Waals surface area (Å²) in [4.78, 5) is 35.7. The molecule has 0 unspecified atom stereocenters. The van der Waals surface area contributed by atoms with E-state index in [1.54, 1.807) is 4.90 Å². The quantitative estimate of drug-likeness (QED) is 0.506. The summed E-state index contributed by atoms with van der Waals surface area (Å²) in [6, 6.07) is -1.89. The first kappa shape index (κ1) is 16.2. The third kappa shape index (κ3) is 5.43. The number of carbonyl (C=O) groups excluding carboxylic acids is 2. The first-order chi connectivity index (χ1) is 9.54. The number of nitrogens with zero attached hydrogens (tertiary/aromatic N) is 1. The molecule has 0 aromatic heterocycles. The van der Waals surface area contributed by atoms with Crippen molar-refractivity contribution in [1.82, 2.24) is 15.5 Å². The smallest absolute Gasteiger partial charge is 0.326 e. The highest BCUT2D eigenvalue weighted by Gasteiger charge is 2.20. The van der Waals surface area contributed by atoms with Gasteiger partial charge in [0.1, 0.15) is 6.04 Å². The number of hydrogen-bond acceptors (Lipinski definition) is 4. The average Bonchev–Trinajstić information content (AvgIpc) is 2.45. The molecule has 1 atom stereocenters. The molecule has 0 bridgehead atoms. The van der Waals surface area contributed by atoms with Crippen molar-refractivity contribution >= 4 is 17.9 Å². The van der Waals surface area contributed by atoms with E-state index in [0.717, 1.165) is 19.3 Å². The maximum absolute atomic E-state index is 11.8. The molecule has 0 aromatic carbocycles. The molecule has 0 radical (unpaired) electrons. The first-order valence-electron chi connectivity index (χ1n) is 6.70. The molecule has 1 aliphatic rings. The lowest BCUT2D eigenvalue weighted by molar-refractivity contribution is -0.139. The largest absolute Gasteiger partial charge is 0.480 e. The number of aliphatic hydroxyl groups excluding tert-OH is 1. The van der Waals surface area contributed by atoms with Gasteiger partial charge in [0.05, 0.1) is 6.54 Å². The summed E-state index contributed by atoms with van der Waals surface area (Å²) in [7, 11) is 0. The minimum absolute atomic E-state index is 0.0805. The Kier molecular flexibility index (Phi) is 6.78. The Labute approximate surface area is 117 Å². The van der Waals surface area contributed by atoms with Crippen LogP contribution in [0.2, 0.25) is 0 Å². The van der Waals surface area contributed by atoms with E-state index in [1.165, 1.54) is 0 Å². The van der Waals surface area contributed by atoms with Crippen molar-refractivity contribution in [2.75, 3.05) is 26.2 Å². The molecule has 0 aliphatic carbocycles. The van der Waals surface area contributed by atoms with Crippen LogP contribution in [0, 0.1) is 0 Å². The maximum Gasteiger partial charge on any atom is 0.326 e. The Morgan fingerprint density at radius 2 is 1.80 bits per heavy atom. The molecule has 1 heterocycles. The van der Waals surface area contributed by atoms with Crippen LogP contribution in [0.25, 0.3) is 0 Å². The molecule has 1 saturated heterocycles. The number of amides is 3. The number of carbonyl (C=O) groups is 3. The number of urea groups is 1. The molecule has 0 spiro atoms. The summed E-state index contributed by atoms with van der Waals surface area (Å²) in [5, 5.41) is 22.0. The second-order valence-corrected chi connectivity index (χ2v) is 4.67. The number of likely N-dealkylation sites (tertiary alicyclic amines) is 1. The van der Waals surface area contributed by atoms with Crippen LogP contribution in [0.5, 0.6) is 0 Å². The van der Waals surface area contributed by atoms with Crippen LogP contribution in [0.15, 0.2) is 0 Å². The van der Waals surface area contributed by atoms with Gasteiger partial charge in [-0.3, -0.25) is 4.79 Å². The van der Waals surface area contributed by atoms with Gasteiger partial charge in [-0.25, -0.2) is 9.59 Å². The molecule has 8 heteroatoms. The van der Waals surface area contributed by atoms with Crippen molar-refractivity contribution in [2.24, 2.45) is 0 Å². The zero-order valence-electron chi connectivity index (χ0n) is 11.3. The monoisotopic (exact) mass is 287 g/mol. The second kappa shape index (κ2) is 8.36. The molecule has 0 aromatic rings. The molecule has 4 N–H and O–H groups in total. The van der Waals surface area contributed by atoms with Crippen LogP contribution in [-0.4, -0.2) is 65.3 Å². The lowest BCUT2D eigenvalue weighted by atomic mass is 10.1. The van der Waals surface area contributed by atoms with Crippen molar-refractivity contribution < 1.29 is 24.6 Å². The number of nitrogens with one attached hydrogen (secondary N) is 2. The average molecular weight is 287 g/mol. The van der Waals surface area contributed by atoms with Crippen molar-refractivity contribution in [2.45, 2.75) is 31.7 Å². The van der Waals surface area contributed by atoms with Crippen molar-refractivity contribution in [1.29, 1.82) is 0 Å². The van der Waals surface area contributed by atoms with Crippen molar-refractivity contribution in [3.05, 3.63) is 0 Å². The lowest BCUT2D eigenvalue weighted by Gasteiger charge is -2.26. The molecule has 114 valence electrons. The van der Waals surface area contributed by atoms with Gasteiger partial charge < -0.3 is 25.7 Å². The Morgan fingerprint density at radius 1 is 1.15 bits per heavy atom. The number of rotatable bonds is 6. The van der Waals surface area contributed by atoms with E-state index in [-0.39, 0.29) is 25.5 Å². The van der Waals surface area contributed by atoms with Gasteiger partial charge in [-0.05, 0) is 19.3 Å². The fourth-order valence-corrected chi connectivity index (χ4v) is 2.01. The normalized spacial score (nSPS) is 16.4. The van der Waals surface area contributed by atoms with E-state index in [4.69, 9.17) is 10.2 Å². The van der Waals surface area contributed by atoms with Gasteiger partial charge in [-0.2, -0.15) is 0 Å². The standard InChI is InChI=1S/C12H21N3O5/c16-7-4-9(11(18)19)14-12(20)13-8-10(17)15-5-2-1-3-6-15/h9,16H,1-8H2,(H,18,19)(H2,13,14,20)/t9-/m0/s1. The molecule has 1 fully saturated rings. The van der Waals surface area contributed by atoms with Gasteiger partial charge >= 0.3 is 12.0 Å². The number of piperidine rings is 1. The summed E-state index contributed by atoms with van der Waals surface area (Å²) in [5.74, 6) is -1.40. The second-order valence-electron chi connectivity index (χ2n) is 4.67. The molecule has 0 saturated carbocycles. The van der Waals surface area contributed by atoms with Crippen LogP contribution < -0.4 is 10.6 Å². The highest BCUT2D eigenvalue weighted by atomic mass is 16.4. The number of aliphatic hydroxyl groups is 1. The van der Waals surface area contributed by atoms with Gasteiger partial charge in [0, 0.05) is 26.1 Å². The van der Waals surface area contributed by atoms with E-state index >= 15 is 0 Å². The van der Waals surface area contributed by atoms with Gasteiger partial charge in [-0.15, -0.1) is 0 Å². The van der Waals surface area contributed by atoms with Crippen molar-refractivity contribution in [3.63, 3.8) is 0 Å². The van der Waals surface area contributed by atoms with E-state index in [0.29, 0.717) is 13.1 Å². The van der Waals surface area contributed by atoms with Crippen molar-refractivity contribution in [3.8, 4) is 0 Å². The minimum Gasteiger partial charge on any atom is -0.480 e. The van der Waals surface area contributed by atoms with Crippen LogP contribution in [0.1, 0.15) is 25.7 Å². The van der Waals surface area contributed by atoms with Crippen LogP contribution in [-0.2, 0) is 9.59 Å². The number of hydrogen-bond donors (Lipinski definition) is 4. The van der Waals surface area contributed by atoms with E-state index in [1.807, 2.05) is 0 Å². The molecule has 1 rings (SSSR count). The van der Waals surface area contributed by atoms with Gasteiger partial charge in [-0.1, -0.05) is 0 Å². The first-order valence-corrected chi connectivity index (χ1v) is 6.70. The topological polar surface area (TPSA) is 119 Å².